The number of rotatable bonds is 5. The van der Waals surface area contributed by atoms with Crippen molar-refractivity contribution >= 4 is 17.8 Å². The Morgan fingerprint density at radius 3 is 2.03 bits per heavy atom. The molecule has 38 heavy (non-hydrogen) atoms. The lowest BCUT2D eigenvalue weighted by molar-refractivity contribution is -0.131. The van der Waals surface area contributed by atoms with E-state index in [4.69, 9.17) is 10.7 Å². The summed E-state index contributed by atoms with van der Waals surface area (Å²) in [5.41, 5.74) is 9.62. The molecule has 2 aliphatic rings. The van der Waals surface area contributed by atoms with Crippen LogP contribution in [0.1, 0.15) is 51.4 Å². The fraction of sp³-hybridized carbons (Fsp3) is 0.167. The number of fused-ring (bicyclic) bond motifs is 1. The molecule has 2 aliphatic heterocycles. The lowest BCUT2D eigenvalue weighted by atomic mass is 9.82. The second-order valence-electron chi connectivity index (χ2n) is 9.50. The van der Waals surface area contributed by atoms with E-state index in [-0.39, 0.29) is 17.8 Å². The molecule has 3 aromatic carbocycles. The first-order valence-electron chi connectivity index (χ1n) is 12.5. The van der Waals surface area contributed by atoms with Crippen molar-refractivity contribution in [2.75, 3.05) is 0 Å². The van der Waals surface area contributed by atoms with Crippen LogP contribution in [-0.4, -0.2) is 37.5 Å². The monoisotopic (exact) mass is 502 g/mol. The lowest BCUT2D eigenvalue weighted by Crippen LogP contribution is -2.44. The molecule has 2 amide bonds. The third kappa shape index (κ3) is 3.73. The smallest absolute Gasteiger partial charge is 0.267 e. The highest BCUT2D eigenvalue weighted by Crippen LogP contribution is 2.42. The largest absolute Gasteiger partial charge is 0.369 e. The maximum Gasteiger partial charge on any atom is 0.267 e. The molecule has 3 heterocycles. The van der Waals surface area contributed by atoms with E-state index in [2.05, 4.69) is 9.97 Å². The summed E-state index contributed by atoms with van der Waals surface area (Å²) in [5.74, 6) is -0.209. The molecular weight excluding hydrogens is 476 g/mol. The summed E-state index contributed by atoms with van der Waals surface area (Å²) in [6, 6.07) is 25.8. The summed E-state index contributed by atoms with van der Waals surface area (Å²) in [4.78, 5) is 44.3. The van der Waals surface area contributed by atoms with Crippen molar-refractivity contribution in [1.82, 2.24) is 19.8 Å². The van der Waals surface area contributed by atoms with E-state index in [0.717, 1.165) is 28.1 Å². The molecular formula is C30H26N6O2. The van der Waals surface area contributed by atoms with Crippen LogP contribution in [0.5, 0.6) is 0 Å². The molecule has 0 aliphatic carbocycles. The van der Waals surface area contributed by atoms with Gasteiger partial charge in [-0.25, -0.2) is 4.99 Å². The first kappa shape index (κ1) is 23.5. The van der Waals surface area contributed by atoms with Gasteiger partial charge in [-0.05, 0) is 35.7 Å². The molecule has 8 heteroatoms. The van der Waals surface area contributed by atoms with E-state index in [1.807, 2.05) is 85.8 Å². The van der Waals surface area contributed by atoms with Crippen molar-refractivity contribution in [2.24, 2.45) is 10.7 Å². The minimum absolute atomic E-state index is 0.115. The lowest BCUT2D eigenvalue weighted by Gasteiger charge is -2.30. The molecule has 0 spiro atoms. The standard InChI is InChI=1S/C30H26N6O2/c1-20(21-9-8-10-22(17-21)27(37)35-18-25-26(19-35)33-16-15-32-25)36-28(38)30(34-29(36)31,23-11-4-2-5-12-23)24-13-6-3-7-14-24/h2-17,20H,18-19H2,1H3,(H2,31,34)/t20-/m1/s1. The van der Waals surface area contributed by atoms with Gasteiger partial charge in [0, 0.05) is 18.0 Å². The Balaban J connectivity index is 1.32. The summed E-state index contributed by atoms with van der Waals surface area (Å²) in [6.45, 7) is 2.74. The number of nitrogens with zero attached hydrogens (tertiary/aromatic N) is 5. The second kappa shape index (κ2) is 9.23. The Kier molecular flexibility index (Phi) is 5.72. The molecule has 1 aromatic heterocycles. The minimum atomic E-state index is -1.28. The molecule has 2 N–H and O–H groups in total. The Hall–Kier alpha value is -4.85. The molecule has 4 aromatic rings. The van der Waals surface area contributed by atoms with Gasteiger partial charge in [0.15, 0.2) is 11.5 Å². The minimum Gasteiger partial charge on any atom is -0.369 e. The maximum absolute atomic E-state index is 14.2. The number of hydrogen-bond donors (Lipinski definition) is 1. The fourth-order valence-electron chi connectivity index (χ4n) is 5.31. The second-order valence-corrected chi connectivity index (χ2v) is 9.50. The Labute approximate surface area is 220 Å². The van der Waals surface area contributed by atoms with Gasteiger partial charge in [-0.15, -0.1) is 0 Å². The molecule has 8 nitrogen and oxygen atoms in total. The normalized spacial score (nSPS) is 16.8. The Morgan fingerprint density at radius 2 is 1.45 bits per heavy atom. The van der Waals surface area contributed by atoms with Crippen LogP contribution < -0.4 is 5.73 Å². The summed E-state index contributed by atoms with van der Waals surface area (Å²) in [7, 11) is 0. The van der Waals surface area contributed by atoms with E-state index < -0.39 is 11.6 Å². The van der Waals surface area contributed by atoms with Crippen molar-refractivity contribution in [3.63, 3.8) is 0 Å². The zero-order valence-electron chi connectivity index (χ0n) is 20.9. The SMILES string of the molecule is C[C@H](c1cccc(C(=O)N2Cc3nccnc3C2)c1)N1C(=O)C(c2ccccc2)(c2ccccc2)N=C1N. The van der Waals surface area contributed by atoms with E-state index in [0.29, 0.717) is 18.7 Å². The average molecular weight is 503 g/mol. The van der Waals surface area contributed by atoms with Crippen LogP contribution >= 0.6 is 0 Å². The number of guanidine groups is 1. The van der Waals surface area contributed by atoms with Crippen LogP contribution in [0.3, 0.4) is 0 Å². The van der Waals surface area contributed by atoms with Crippen LogP contribution in [-0.2, 0) is 23.4 Å². The van der Waals surface area contributed by atoms with Crippen molar-refractivity contribution in [2.45, 2.75) is 31.6 Å². The zero-order chi connectivity index (χ0) is 26.3. The van der Waals surface area contributed by atoms with Gasteiger partial charge in [0.25, 0.3) is 11.8 Å². The molecule has 0 radical (unpaired) electrons. The highest BCUT2D eigenvalue weighted by molar-refractivity contribution is 6.09. The number of amides is 2. The number of carbonyl (C=O) groups is 2. The van der Waals surface area contributed by atoms with Gasteiger partial charge < -0.3 is 10.6 Å². The molecule has 1 atom stereocenters. The highest BCUT2D eigenvalue weighted by Gasteiger charge is 2.52. The molecule has 0 saturated carbocycles. The summed E-state index contributed by atoms with van der Waals surface area (Å²) < 4.78 is 0. The zero-order valence-corrected chi connectivity index (χ0v) is 20.9. The van der Waals surface area contributed by atoms with Crippen molar-refractivity contribution in [1.29, 1.82) is 0 Å². The topological polar surface area (TPSA) is 105 Å². The van der Waals surface area contributed by atoms with Gasteiger partial charge in [0.05, 0.1) is 30.5 Å². The molecule has 6 rings (SSSR count). The van der Waals surface area contributed by atoms with Crippen LogP contribution in [0, 0.1) is 0 Å². The summed E-state index contributed by atoms with van der Waals surface area (Å²) >= 11 is 0. The molecule has 0 unspecified atom stereocenters. The van der Waals surface area contributed by atoms with Crippen molar-refractivity contribution < 1.29 is 9.59 Å². The van der Waals surface area contributed by atoms with Crippen LogP contribution in [0.2, 0.25) is 0 Å². The van der Waals surface area contributed by atoms with E-state index in [1.54, 1.807) is 23.4 Å². The van der Waals surface area contributed by atoms with Gasteiger partial charge in [-0.2, -0.15) is 0 Å². The van der Waals surface area contributed by atoms with Gasteiger partial charge in [-0.3, -0.25) is 24.5 Å². The third-order valence-electron chi connectivity index (χ3n) is 7.27. The Morgan fingerprint density at radius 1 is 0.868 bits per heavy atom. The van der Waals surface area contributed by atoms with Gasteiger partial charge in [-0.1, -0.05) is 72.8 Å². The number of nitrogens with two attached hydrogens (primary N) is 1. The molecule has 188 valence electrons. The number of benzene rings is 3. The predicted octanol–water partition coefficient (Wildman–Crippen LogP) is 3.79. The van der Waals surface area contributed by atoms with Gasteiger partial charge in [0.1, 0.15) is 0 Å². The van der Waals surface area contributed by atoms with Gasteiger partial charge in [0.2, 0.25) is 0 Å². The number of carbonyl (C=O) groups excluding carboxylic acids is 2. The van der Waals surface area contributed by atoms with Gasteiger partial charge >= 0.3 is 0 Å². The van der Waals surface area contributed by atoms with Crippen molar-refractivity contribution in [3.8, 4) is 0 Å². The first-order valence-corrected chi connectivity index (χ1v) is 12.5. The average Bonchev–Trinajstić information content (AvgIpc) is 3.52. The molecule has 0 fully saturated rings. The maximum atomic E-state index is 14.2. The molecule has 0 bridgehead atoms. The number of hydrogen-bond acceptors (Lipinski definition) is 6. The van der Waals surface area contributed by atoms with Crippen LogP contribution in [0.15, 0.2) is 102 Å². The van der Waals surface area contributed by atoms with E-state index in [1.165, 1.54) is 4.90 Å². The third-order valence-corrected chi connectivity index (χ3v) is 7.27. The highest BCUT2D eigenvalue weighted by atomic mass is 16.2. The van der Waals surface area contributed by atoms with Crippen molar-refractivity contribution in [3.05, 3.63) is 131 Å². The van der Waals surface area contributed by atoms with Crippen LogP contribution in [0.25, 0.3) is 0 Å². The predicted molar refractivity (Wildman–Crippen MR) is 143 cm³/mol. The fourth-order valence-corrected chi connectivity index (χ4v) is 5.31. The number of aromatic nitrogens is 2. The Bertz CT molecular complexity index is 1490. The number of aliphatic imine (C=N–C) groups is 1. The quantitative estimate of drug-likeness (QED) is 0.447. The first-order chi connectivity index (χ1) is 18.5. The summed E-state index contributed by atoms with van der Waals surface area (Å²) in [5, 5.41) is 0. The van der Waals surface area contributed by atoms with Crippen LogP contribution in [0.4, 0.5) is 0 Å². The van der Waals surface area contributed by atoms with E-state index in [9.17, 15) is 9.59 Å². The van der Waals surface area contributed by atoms with E-state index >= 15 is 0 Å². The summed E-state index contributed by atoms with van der Waals surface area (Å²) in [6.07, 6.45) is 3.28. The molecule has 0 saturated heterocycles.